The van der Waals surface area contributed by atoms with Crippen molar-refractivity contribution in [3.8, 4) is 5.75 Å². The third-order valence-corrected chi connectivity index (χ3v) is 4.70. The number of phenolic OH excluding ortho intramolecular Hbond substituents is 1. The highest BCUT2D eigenvalue weighted by molar-refractivity contribution is 5.97. The number of halogens is 3. The first-order valence-electron chi connectivity index (χ1n) is 8.72. The Bertz CT molecular complexity index is 887. The molecule has 0 aliphatic carbocycles. The van der Waals surface area contributed by atoms with Gasteiger partial charge in [-0.2, -0.15) is 13.2 Å². The van der Waals surface area contributed by atoms with E-state index in [1.165, 1.54) is 11.0 Å². The van der Waals surface area contributed by atoms with Crippen LogP contribution in [0.4, 0.5) is 13.2 Å². The molecule has 2 aromatic carbocycles. The second-order valence-corrected chi connectivity index (χ2v) is 6.68. The third kappa shape index (κ3) is 4.11. The lowest BCUT2D eigenvalue weighted by Crippen LogP contribution is -2.50. The fourth-order valence-corrected chi connectivity index (χ4v) is 3.09. The quantitative estimate of drug-likeness (QED) is 0.853. The molecule has 0 spiro atoms. The van der Waals surface area contributed by atoms with Crippen molar-refractivity contribution in [1.82, 2.24) is 9.80 Å². The standard InChI is InChI=1S/C20H19F3N2O3/c1-13-2-7-17(26)16(12-13)19(28)25-10-8-24(9-11-25)18(27)14-3-5-15(6-4-14)20(21,22)23/h2-7,12,26H,8-11H2,1H3. The topological polar surface area (TPSA) is 60.9 Å². The second kappa shape index (κ2) is 7.53. The van der Waals surface area contributed by atoms with Gasteiger partial charge in [-0.25, -0.2) is 0 Å². The van der Waals surface area contributed by atoms with Gasteiger partial charge < -0.3 is 14.9 Å². The van der Waals surface area contributed by atoms with Crippen LogP contribution in [0.25, 0.3) is 0 Å². The van der Waals surface area contributed by atoms with Crippen molar-refractivity contribution in [2.45, 2.75) is 13.1 Å². The molecular weight excluding hydrogens is 373 g/mol. The van der Waals surface area contributed by atoms with E-state index in [4.69, 9.17) is 0 Å². The van der Waals surface area contributed by atoms with Crippen LogP contribution in [0, 0.1) is 6.92 Å². The maximum Gasteiger partial charge on any atom is 0.416 e. The van der Waals surface area contributed by atoms with E-state index < -0.39 is 11.7 Å². The number of aromatic hydroxyl groups is 1. The monoisotopic (exact) mass is 392 g/mol. The Balaban J connectivity index is 1.64. The maximum absolute atomic E-state index is 12.6. The van der Waals surface area contributed by atoms with E-state index in [1.54, 1.807) is 17.0 Å². The first kappa shape index (κ1) is 19.7. The average Bonchev–Trinajstić information content (AvgIpc) is 2.68. The summed E-state index contributed by atoms with van der Waals surface area (Å²) in [6.07, 6.45) is -4.45. The summed E-state index contributed by atoms with van der Waals surface area (Å²) in [4.78, 5) is 28.2. The Kier molecular flexibility index (Phi) is 5.31. The van der Waals surface area contributed by atoms with Crippen LogP contribution in [0.5, 0.6) is 5.75 Å². The fourth-order valence-electron chi connectivity index (χ4n) is 3.09. The molecule has 28 heavy (non-hydrogen) atoms. The molecule has 1 aliphatic rings. The third-order valence-electron chi connectivity index (χ3n) is 4.70. The minimum Gasteiger partial charge on any atom is -0.507 e. The molecule has 148 valence electrons. The van der Waals surface area contributed by atoms with Gasteiger partial charge >= 0.3 is 6.18 Å². The van der Waals surface area contributed by atoms with Gasteiger partial charge in [0.05, 0.1) is 11.1 Å². The summed E-state index contributed by atoms with van der Waals surface area (Å²) in [7, 11) is 0. The summed E-state index contributed by atoms with van der Waals surface area (Å²) in [6, 6.07) is 8.86. The van der Waals surface area contributed by atoms with E-state index >= 15 is 0 Å². The number of hydrogen-bond acceptors (Lipinski definition) is 3. The molecule has 8 heteroatoms. The molecule has 0 atom stereocenters. The Morgan fingerprint density at radius 1 is 0.893 bits per heavy atom. The highest BCUT2D eigenvalue weighted by atomic mass is 19.4. The van der Waals surface area contributed by atoms with Crippen LogP contribution in [0.15, 0.2) is 42.5 Å². The van der Waals surface area contributed by atoms with Crippen molar-refractivity contribution in [1.29, 1.82) is 0 Å². The largest absolute Gasteiger partial charge is 0.507 e. The van der Waals surface area contributed by atoms with Gasteiger partial charge in [0.25, 0.3) is 11.8 Å². The van der Waals surface area contributed by atoms with Crippen LogP contribution < -0.4 is 0 Å². The minimum absolute atomic E-state index is 0.0983. The summed E-state index contributed by atoms with van der Waals surface area (Å²) in [5.74, 6) is -0.791. The van der Waals surface area contributed by atoms with E-state index in [0.29, 0.717) is 0 Å². The van der Waals surface area contributed by atoms with Crippen molar-refractivity contribution in [3.05, 3.63) is 64.7 Å². The predicted molar refractivity (Wildman–Crippen MR) is 96.1 cm³/mol. The van der Waals surface area contributed by atoms with E-state index in [1.807, 2.05) is 6.92 Å². The van der Waals surface area contributed by atoms with Gasteiger partial charge in [-0.05, 0) is 43.3 Å². The molecule has 1 N–H and O–H groups in total. The number of carbonyl (C=O) groups is 2. The fraction of sp³-hybridized carbons (Fsp3) is 0.300. The molecule has 1 aliphatic heterocycles. The first-order chi connectivity index (χ1) is 13.2. The van der Waals surface area contributed by atoms with Crippen LogP contribution >= 0.6 is 0 Å². The van der Waals surface area contributed by atoms with Gasteiger partial charge in [0.2, 0.25) is 0 Å². The van der Waals surface area contributed by atoms with Crippen LogP contribution in [-0.2, 0) is 6.18 Å². The molecule has 0 saturated carbocycles. The van der Waals surface area contributed by atoms with Crippen molar-refractivity contribution in [3.63, 3.8) is 0 Å². The van der Waals surface area contributed by atoms with Crippen molar-refractivity contribution in [2.24, 2.45) is 0 Å². The number of nitrogens with zero attached hydrogens (tertiary/aromatic N) is 2. The van der Waals surface area contributed by atoms with Crippen LogP contribution in [-0.4, -0.2) is 52.9 Å². The Hall–Kier alpha value is -3.03. The highest BCUT2D eigenvalue weighted by Gasteiger charge is 2.31. The molecule has 2 amide bonds. The number of amides is 2. The number of phenols is 1. The number of benzene rings is 2. The van der Waals surface area contributed by atoms with E-state index in [0.717, 1.165) is 29.8 Å². The highest BCUT2D eigenvalue weighted by Crippen LogP contribution is 2.29. The molecule has 0 radical (unpaired) electrons. The van der Waals surface area contributed by atoms with Crippen LogP contribution in [0.3, 0.4) is 0 Å². The number of alkyl halides is 3. The number of carbonyl (C=O) groups excluding carboxylic acids is 2. The van der Waals surface area contributed by atoms with Crippen LogP contribution in [0.2, 0.25) is 0 Å². The zero-order valence-electron chi connectivity index (χ0n) is 15.2. The van der Waals surface area contributed by atoms with E-state index in [-0.39, 0.29) is 54.9 Å². The Morgan fingerprint density at radius 3 is 1.96 bits per heavy atom. The number of rotatable bonds is 2. The Morgan fingerprint density at radius 2 is 1.43 bits per heavy atom. The van der Waals surface area contributed by atoms with Gasteiger partial charge in [0.15, 0.2) is 0 Å². The normalized spacial score (nSPS) is 14.9. The van der Waals surface area contributed by atoms with E-state index in [9.17, 15) is 27.9 Å². The number of hydrogen-bond donors (Lipinski definition) is 1. The SMILES string of the molecule is Cc1ccc(O)c(C(=O)N2CCN(C(=O)c3ccc(C(F)(F)F)cc3)CC2)c1. The smallest absolute Gasteiger partial charge is 0.416 e. The van der Waals surface area contributed by atoms with Crippen molar-refractivity contribution < 1.29 is 27.9 Å². The first-order valence-corrected chi connectivity index (χ1v) is 8.72. The summed E-state index contributed by atoms with van der Waals surface area (Å²) in [6.45, 7) is 2.89. The molecule has 0 bridgehead atoms. The summed E-state index contributed by atoms with van der Waals surface area (Å²) in [5.41, 5.74) is 0.418. The molecule has 1 fully saturated rings. The van der Waals surface area contributed by atoms with Gasteiger partial charge in [-0.1, -0.05) is 11.6 Å². The molecule has 0 aromatic heterocycles. The molecular formula is C20H19F3N2O3. The lowest BCUT2D eigenvalue weighted by atomic mass is 10.1. The Labute approximate surface area is 160 Å². The lowest BCUT2D eigenvalue weighted by molar-refractivity contribution is -0.137. The molecule has 0 unspecified atom stereocenters. The maximum atomic E-state index is 12.6. The molecule has 1 saturated heterocycles. The minimum atomic E-state index is -4.45. The summed E-state index contributed by atoms with van der Waals surface area (Å²) < 4.78 is 37.9. The van der Waals surface area contributed by atoms with Gasteiger partial charge in [0.1, 0.15) is 5.75 Å². The van der Waals surface area contributed by atoms with Gasteiger partial charge in [0, 0.05) is 31.7 Å². The molecule has 5 nitrogen and oxygen atoms in total. The summed E-state index contributed by atoms with van der Waals surface area (Å²) >= 11 is 0. The molecule has 1 heterocycles. The second-order valence-electron chi connectivity index (χ2n) is 6.68. The molecule has 3 rings (SSSR count). The molecule has 2 aromatic rings. The van der Waals surface area contributed by atoms with Crippen molar-refractivity contribution in [2.75, 3.05) is 26.2 Å². The zero-order chi connectivity index (χ0) is 20.5. The van der Waals surface area contributed by atoms with Crippen LogP contribution in [0.1, 0.15) is 31.8 Å². The van der Waals surface area contributed by atoms with Gasteiger partial charge in [-0.3, -0.25) is 9.59 Å². The average molecular weight is 392 g/mol. The lowest BCUT2D eigenvalue weighted by Gasteiger charge is -2.35. The predicted octanol–water partition coefficient (Wildman–Crippen LogP) is 3.32. The summed E-state index contributed by atoms with van der Waals surface area (Å²) in [5, 5.41) is 9.91. The van der Waals surface area contributed by atoms with Crippen molar-refractivity contribution >= 4 is 11.8 Å². The number of piperazine rings is 1. The van der Waals surface area contributed by atoms with E-state index in [2.05, 4.69) is 0 Å². The zero-order valence-corrected chi connectivity index (χ0v) is 15.2. The number of aryl methyl sites for hydroxylation is 1. The van der Waals surface area contributed by atoms with Gasteiger partial charge in [-0.15, -0.1) is 0 Å².